The molecule has 1 amide bonds. The van der Waals surface area contributed by atoms with E-state index in [1.165, 1.54) is 11.3 Å². The molecule has 3 nitrogen and oxygen atoms in total. The zero-order chi connectivity index (χ0) is 16.1. The molecule has 2 aromatic heterocycles. The summed E-state index contributed by atoms with van der Waals surface area (Å²) in [5.41, 5.74) is 0.877. The highest BCUT2D eigenvalue weighted by molar-refractivity contribution is 7.12. The van der Waals surface area contributed by atoms with Gasteiger partial charge in [0.25, 0.3) is 0 Å². The average Bonchev–Trinajstić information content (AvgIpc) is 3.25. The van der Waals surface area contributed by atoms with Crippen LogP contribution in [0.25, 0.3) is 0 Å². The molecule has 0 saturated carbocycles. The molecule has 1 atom stereocenters. The van der Waals surface area contributed by atoms with Crippen LogP contribution in [-0.2, 0) is 17.8 Å². The molecule has 23 heavy (non-hydrogen) atoms. The lowest BCUT2D eigenvalue weighted by atomic mass is 10.1. The highest BCUT2D eigenvalue weighted by Gasteiger charge is 2.13. The second kappa shape index (κ2) is 7.55. The van der Waals surface area contributed by atoms with Gasteiger partial charge in [-0.05, 0) is 29.1 Å². The second-order valence-electron chi connectivity index (χ2n) is 5.15. The van der Waals surface area contributed by atoms with E-state index in [1.54, 1.807) is 11.3 Å². The van der Waals surface area contributed by atoms with Gasteiger partial charge in [-0.2, -0.15) is 0 Å². The molecule has 1 aromatic carbocycles. The molecule has 0 radical (unpaired) electrons. The second-order valence-corrected chi connectivity index (χ2v) is 7.38. The Kier molecular flexibility index (Phi) is 5.23. The number of thiophene rings is 2. The van der Waals surface area contributed by atoms with E-state index in [2.05, 4.69) is 5.32 Å². The van der Waals surface area contributed by atoms with Crippen LogP contribution < -0.4 is 5.32 Å². The summed E-state index contributed by atoms with van der Waals surface area (Å²) in [6.07, 6.45) is -0.195. The van der Waals surface area contributed by atoms with Crippen molar-refractivity contribution in [3.8, 4) is 0 Å². The molecule has 0 aliphatic carbocycles. The Hall–Kier alpha value is -1.95. The zero-order valence-electron chi connectivity index (χ0n) is 12.4. The number of benzene rings is 1. The van der Waals surface area contributed by atoms with Crippen LogP contribution in [-0.4, -0.2) is 11.0 Å². The van der Waals surface area contributed by atoms with Gasteiger partial charge in [-0.15, -0.1) is 22.7 Å². The molecule has 0 fully saturated rings. The highest BCUT2D eigenvalue weighted by atomic mass is 32.1. The van der Waals surface area contributed by atoms with E-state index in [1.807, 2.05) is 60.0 Å². The fraction of sp³-hybridized carbons (Fsp3) is 0.167. The molecule has 0 saturated heterocycles. The maximum absolute atomic E-state index is 11.9. The summed E-state index contributed by atoms with van der Waals surface area (Å²) in [5, 5.41) is 15.3. The molecule has 3 rings (SSSR count). The third-order valence-electron chi connectivity index (χ3n) is 3.44. The van der Waals surface area contributed by atoms with E-state index >= 15 is 0 Å². The van der Waals surface area contributed by atoms with Crippen LogP contribution in [0, 0.1) is 0 Å². The Labute approximate surface area is 143 Å². The zero-order valence-corrected chi connectivity index (χ0v) is 14.1. The lowest BCUT2D eigenvalue weighted by Crippen LogP contribution is -2.23. The van der Waals surface area contributed by atoms with Crippen molar-refractivity contribution in [2.24, 2.45) is 0 Å². The van der Waals surface area contributed by atoms with Crippen LogP contribution in [0.4, 0.5) is 0 Å². The van der Waals surface area contributed by atoms with Gasteiger partial charge in [0.15, 0.2) is 0 Å². The maximum Gasteiger partial charge on any atom is 0.225 e. The first-order chi connectivity index (χ1) is 11.2. The van der Waals surface area contributed by atoms with Crippen LogP contribution in [0.2, 0.25) is 0 Å². The van der Waals surface area contributed by atoms with Gasteiger partial charge in [-0.3, -0.25) is 4.79 Å². The molecule has 3 aromatic rings. The number of nitrogens with one attached hydrogen (secondary N) is 1. The summed E-state index contributed by atoms with van der Waals surface area (Å²) in [4.78, 5) is 14.9. The average molecular weight is 343 g/mol. The Morgan fingerprint density at radius 2 is 1.87 bits per heavy atom. The van der Waals surface area contributed by atoms with Crippen LogP contribution in [0.1, 0.15) is 26.3 Å². The molecule has 0 spiro atoms. The molecule has 118 valence electrons. The number of rotatable bonds is 6. The lowest BCUT2D eigenvalue weighted by molar-refractivity contribution is -0.120. The predicted octanol–water partition coefficient (Wildman–Crippen LogP) is 3.75. The number of carbonyl (C=O) groups is 1. The summed E-state index contributed by atoms with van der Waals surface area (Å²) >= 11 is 3.11. The van der Waals surface area contributed by atoms with Crippen molar-refractivity contribution in [1.82, 2.24) is 5.32 Å². The number of hydrogen-bond acceptors (Lipinski definition) is 4. The molecular weight excluding hydrogens is 326 g/mol. The van der Waals surface area contributed by atoms with Crippen molar-refractivity contribution < 1.29 is 9.90 Å². The molecule has 5 heteroatoms. The molecule has 0 unspecified atom stereocenters. The first-order valence-electron chi connectivity index (χ1n) is 7.33. The third kappa shape index (κ3) is 4.28. The SMILES string of the molecule is O=C(Cc1cccs1)NCc1ccc([C@H](O)c2ccccc2)s1. The monoisotopic (exact) mass is 343 g/mol. The van der Waals surface area contributed by atoms with Crippen LogP contribution in [0.3, 0.4) is 0 Å². The number of carbonyl (C=O) groups excluding carboxylic acids is 1. The van der Waals surface area contributed by atoms with Crippen LogP contribution in [0.5, 0.6) is 0 Å². The van der Waals surface area contributed by atoms with Crippen molar-refractivity contribution in [1.29, 1.82) is 0 Å². The Morgan fingerprint density at radius 3 is 2.61 bits per heavy atom. The predicted molar refractivity (Wildman–Crippen MR) is 94.7 cm³/mol. The van der Waals surface area contributed by atoms with Crippen molar-refractivity contribution in [2.75, 3.05) is 0 Å². The molecule has 0 bridgehead atoms. The molecular formula is C18H17NO2S2. The summed E-state index contributed by atoms with van der Waals surface area (Å²) < 4.78 is 0. The topological polar surface area (TPSA) is 49.3 Å². The standard InChI is InChI=1S/C18H17NO2S2/c20-17(11-14-7-4-10-22-14)19-12-15-8-9-16(23-15)18(21)13-5-2-1-3-6-13/h1-10,18,21H,11-12H2,(H,19,20)/t18-/m1/s1. The van der Waals surface area contributed by atoms with Crippen molar-refractivity contribution in [2.45, 2.75) is 19.1 Å². The van der Waals surface area contributed by atoms with Crippen LogP contribution >= 0.6 is 22.7 Å². The number of aliphatic hydroxyl groups is 1. The quantitative estimate of drug-likeness (QED) is 0.716. The van der Waals surface area contributed by atoms with Gasteiger partial charge in [-0.1, -0.05) is 36.4 Å². The minimum atomic E-state index is -0.614. The summed E-state index contributed by atoms with van der Waals surface area (Å²) in [7, 11) is 0. The molecule has 2 N–H and O–H groups in total. The third-order valence-corrected chi connectivity index (χ3v) is 5.46. The largest absolute Gasteiger partial charge is 0.383 e. The molecule has 0 aliphatic rings. The lowest BCUT2D eigenvalue weighted by Gasteiger charge is -2.08. The van der Waals surface area contributed by atoms with Crippen molar-refractivity contribution in [3.05, 3.63) is 80.2 Å². The summed E-state index contributed by atoms with van der Waals surface area (Å²) in [6, 6.07) is 17.4. The van der Waals surface area contributed by atoms with Gasteiger partial charge in [0, 0.05) is 14.6 Å². The van der Waals surface area contributed by atoms with E-state index in [0.717, 1.165) is 20.2 Å². The number of amides is 1. The summed E-state index contributed by atoms with van der Waals surface area (Å²) in [6.45, 7) is 0.496. The molecule has 2 heterocycles. The number of hydrogen-bond donors (Lipinski definition) is 2. The normalized spacial score (nSPS) is 12.0. The van der Waals surface area contributed by atoms with Gasteiger partial charge in [0.05, 0.1) is 13.0 Å². The minimum Gasteiger partial charge on any atom is -0.383 e. The van der Waals surface area contributed by atoms with E-state index < -0.39 is 6.10 Å². The van der Waals surface area contributed by atoms with E-state index in [4.69, 9.17) is 0 Å². The first-order valence-corrected chi connectivity index (χ1v) is 9.02. The fourth-order valence-corrected chi connectivity index (χ4v) is 3.93. The Balaban J connectivity index is 1.56. The fourth-order valence-electron chi connectivity index (χ4n) is 2.26. The van der Waals surface area contributed by atoms with Crippen molar-refractivity contribution >= 4 is 28.6 Å². The highest BCUT2D eigenvalue weighted by Crippen LogP contribution is 2.28. The first kappa shape index (κ1) is 15.9. The molecule has 0 aliphatic heterocycles. The van der Waals surface area contributed by atoms with Gasteiger partial charge in [-0.25, -0.2) is 0 Å². The van der Waals surface area contributed by atoms with E-state index in [0.29, 0.717) is 13.0 Å². The Bertz CT molecular complexity index is 750. The van der Waals surface area contributed by atoms with Gasteiger partial charge in [0.2, 0.25) is 5.91 Å². The van der Waals surface area contributed by atoms with E-state index in [9.17, 15) is 9.90 Å². The smallest absolute Gasteiger partial charge is 0.225 e. The van der Waals surface area contributed by atoms with Crippen molar-refractivity contribution in [3.63, 3.8) is 0 Å². The van der Waals surface area contributed by atoms with Crippen LogP contribution in [0.15, 0.2) is 60.0 Å². The van der Waals surface area contributed by atoms with E-state index in [-0.39, 0.29) is 5.91 Å². The van der Waals surface area contributed by atoms with Gasteiger partial charge >= 0.3 is 0 Å². The minimum absolute atomic E-state index is 0.0195. The Morgan fingerprint density at radius 1 is 1.04 bits per heavy atom. The summed E-state index contributed by atoms with van der Waals surface area (Å²) in [5.74, 6) is 0.0195. The van der Waals surface area contributed by atoms with Gasteiger partial charge in [0.1, 0.15) is 6.10 Å². The maximum atomic E-state index is 11.9. The van der Waals surface area contributed by atoms with Gasteiger partial charge < -0.3 is 10.4 Å². The number of aliphatic hydroxyl groups excluding tert-OH is 1.